The summed E-state index contributed by atoms with van der Waals surface area (Å²) in [6.45, 7) is 3.13. The van der Waals surface area contributed by atoms with E-state index in [-0.39, 0.29) is 0 Å². The summed E-state index contributed by atoms with van der Waals surface area (Å²) in [6.07, 6.45) is 4.03. The van der Waals surface area contributed by atoms with E-state index in [1.807, 2.05) is 0 Å². The first kappa shape index (κ1) is 14.0. The predicted octanol–water partition coefficient (Wildman–Crippen LogP) is 3.34. The summed E-state index contributed by atoms with van der Waals surface area (Å²) < 4.78 is 2.21. The van der Waals surface area contributed by atoms with Gasteiger partial charge in [0.2, 0.25) is 0 Å². The van der Waals surface area contributed by atoms with Crippen LogP contribution in [0.5, 0.6) is 0 Å². The molecular formula is C16H23N3S. The Morgan fingerprint density at radius 1 is 1.35 bits per heavy atom. The molecule has 1 aromatic heterocycles. The highest BCUT2D eigenvalue weighted by Gasteiger charge is 2.26. The minimum absolute atomic E-state index is 0.653. The fourth-order valence-corrected chi connectivity index (χ4v) is 4.38. The number of aromatic nitrogens is 2. The Morgan fingerprint density at radius 2 is 2.20 bits per heavy atom. The molecular weight excluding hydrogens is 266 g/mol. The molecule has 1 aliphatic rings. The highest BCUT2D eigenvalue weighted by molar-refractivity contribution is 7.99. The van der Waals surface area contributed by atoms with Crippen LogP contribution < -0.4 is 5.32 Å². The van der Waals surface area contributed by atoms with E-state index in [2.05, 4.69) is 59.9 Å². The lowest BCUT2D eigenvalue weighted by atomic mass is 10.2. The first-order valence-corrected chi connectivity index (χ1v) is 8.59. The van der Waals surface area contributed by atoms with E-state index in [0.717, 1.165) is 23.1 Å². The van der Waals surface area contributed by atoms with Crippen molar-refractivity contribution in [3.8, 4) is 0 Å². The molecule has 20 heavy (non-hydrogen) atoms. The molecule has 2 aromatic rings. The smallest absolute Gasteiger partial charge is 0.123 e. The molecule has 108 valence electrons. The molecule has 1 N–H and O–H groups in total. The van der Waals surface area contributed by atoms with Crippen LogP contribution in [-0.4, -0.2) is 26.6 Å². The molecule has 3 nitrogen and oxygen atoms in total. The number of nitrogens with zero attached hydrogens (tertiary/aromatic N) is 2. The van der Waals surface area contributed by atoms with Crippen molar-refractivity contribution in [1.82, 2.24) is 14.9 Å². The topological polar surface area (TPSA) is 29.9 Å². The highest BCUT2D eigenvalue weighted by atomic mass is 32.2. The zero-order valence-corrected chi connectivity index (χ0v) is 13.1. The maximum absolute atomic E-state index is 4.74. The van der Waals surface area contributed by atoms with Crippen LogP contribution in [0.1, 0.15) is 32.0 Å². The summed E-state index contributed by atoms with van der Waals surface area (Å²) in [4.78, 5) is 4.74. The highest BCUT2D eigenvalue weighted by Crippen LogP contribution is 2.30. The molecule has 0 bridgehead atoms. The first-order valence-electron chi connectivity index (χ1n) is 7.55. The minimum atomic E-state index is 0.653. The van der Waals surface area contributed by atoms with Gasteiger partial charge in [0.05, 0.1) is 17.6 Å². The number of aryl methyl sites for hydroxylation is 1. The molecule has 0 spiro atoms. The summed E-state index contributed by atoms with van der Waals surface area (Å²) >= 11 is 2.10. The quantitative estimate of drug-likeness (QED) is 0.915. The van der Waals surface area contributed by atoms with Crippen LogP contribution in [0.4, 0.5) is 0 Å². The van der Waals surface area contributed by atoms with E-state index in [1.54, 1.807) is 0 Å². The maximum Gasteiger partial charge on any atom is 0.123 e. The zero-order chi connectivity index (χ0) is 13.9. The number of para-hydroxylation sites is 2. The van der Waals surface area contributed by atoms with E-state index in [1.165, 1.54) is 30.5 Å². The summed E-state index contributed by atoms with van der Waals surface area (Å²) in [7, 11) is 2.11. The van der Waals surface area contributed by atoms with Gasteiger partial charge in [0.1, 0.15) is 5.82 Å². The number of hydrogen-bond donors (Lipinski definition) is 1. The van der Waals surface area contributed by atoms with Gasteiger partial charge in [0.25, 0.3) is 0 Å². The van der Waals surface area contributed by atoms with E-state index < -0.39 is 0 Å². The molecule has 1 saturated carbocycles. The molecule has 1 aromatic carbocycles. The summed E-state index contributed by atoms with van der Waals surface area (Å²) in [5.74, 6) is 2.35. The second kappa shape index (κ2) is 6.19. The molecule has 4 heteroatoms. The second-order valence-electron chi connectivity index (χ2n) is 5.49. The lowest BCUT2D eigenvalue weighted by Crippen LogP contribution is -2.34. The van der Waals surface area contributed by atoms with Crippen LogP contribution in [0, 0.1) is 0 Å². The number of thioether (sulfide) groups is 1. The standard InChI is InChI=1S/C16H23N3S/c1-3-20-15-10-6-8-13(15)17-11-16-18-12-7-4-5-9-14(12)19(16)2/h4-5,7,9,13,15,17H,3,6,8,10-11H2,1-2H3. The molecule has 2 unspecified atom stereocenters. The van der Waals surface area contributed by atoms with E-state index in [9.17, 15) is 0 Å². The minimum Gasteiger partial charge on any atom is -0.330 e. The van der Waals surface area contributed by atoms with Crippen molar-refractivity contribution in [3.63, 3.8) is 0 Å². The average molecular weight is 289 g/mol. The fraction of sp³-hybridized carbons (Fsp3) is 0.562. The van der Waals surface area contributed by atoms with Crippen molar-refractivity contribution >= 4 is 22.8 Å². The van der Waals surface area contributed by atoms with Gasteiger partial charge in [-0.3, -0.25) is 0 Å². The Balaban J connectivity index is 1.69. The third kappa shape index (κ3) is 2.72. The molecule has 1 fully saturated rings. The molecule has 0 radical (unpaired) electrons. The van der Waals surface area contributed by atoms with Gasteiger partial charge in [0.15, 0.2) is 0 Å². The van der Waals surface area contributed by atoms with Gasteiger partial charge in [0, 0.05) is 18.3 Å². The lowest BCUT2D eigenvalue weighted by Gasteiger charge is -2.20. The van der Waals surface area contributed by atoms with Crippen LogP contribution in [0.3, 0.4) is 0 Å². The third-order valence-corrected chi connectivity index (χ3v) is 5.56. The van der Waals surface area contributed by atoms with Gasteiger partial charge >= 0.3 is 0 Å². The van der Waals surface area contributed by atoms with Crippen molar-refractivity contribution in [2.75, 3.05) is 5.75 Å². The van der Waals surface area contributed by atoms with Crippen molar-refractivity contribution in [2.45, 2.75) is 44.0 Å². The van der Waals surface area contributed by atoms with Gasteiger partial charge in [-0.25, -0.2) is 4.98 Å². The van der Waals surface area contributed by atoms with Gasteiger partial charge in [-0.1, -0.05) is 25.5 Å². The Bertz CT molecular complexity index is 578. The van der Waals surface area contributed by atoms with Crippen LogP contribution in [0.25, 0.3) is 11.0 Å². The monoisotopic (exact) mass is 289 g/mol. The summed E-state index contributed by atoms with van der Waals surface area (Å²) in [6, 6.07) is 9.00. The van der Waals surface area contributed by atoms with Crippen molar-refractivity contribution in [3.05, 3.63) is 30.1 Å². The summed E-state index contributed by atoms with van der Waals surface area (Å²) in [5.41, 5.74) is 2.31. The van der Waals surface area contributed by atoms with Gasteiger partial charge in [-0.2, -0.15) is 11.8 Å². The maximum atomic E-state index is 4.74. The predicted molar refractivity (Wildman–Crippen MR) is 87.1 cm³/mol. The van der Waals surface area contributed by atoms with E-state index in [4.69, 9.17) is 4.98 Å². The van der Waals surface area contributed by atoms with Crippen LogP contribution in [-0.2, 0) is 13.6 Å². The molecule has 0 amide bonds. The van der Waals surface area contributed by atoms with Crippen molar-refractivity contribution in [2.24, 2.45) is 7.05 Å². The molecule has 3 rings (SSSR count). The average Bonchev–Trinajstić information content (AvgIpc) is 3.03. The number of nitrogens with one attached hydrogen (secondary N) is 1. The zero-order valence-electron chi connectivity index (χ0n) is 12.3. The number of imidazole rings is 1. The van der Waals surface area contributed by atoms with Crippen molar-refractivity contribution in [1.29, 1.82) is 0 Å². The molecule has 1 aliphatic carbocycles. The summed E-state index contributed by atoms with van der Waals surface area (Å²) in [5, 5.41) is 4.52. The van der Waals surface area contributed by atoms with E-state index >= 15 is 0 Å². The number of fused-ring (bicyclic) bond motifs is 1. The molecule has 0 saturated heterocycles. The molecule has 0 aliphatic heterocycles. The number of rotatable bonds is 5. The van der Waals surface area contributed by atoms with Crippen molar-refractivity contribution < 1.29 is 0 Å². The van der Waals surface area contributed by atoms with Gasteiger partial charge in [-0.05, 0) is 30.7 Å². The molecule has 2 atom stereocenters. The van der Waals surface area contributed by atoms with Crippen LogP contribution in [0.2, 0.25) is 0 Å². The van der Waals surface area contributed by atoms with E-state index in [0.29, 0.717) is 6.04 Å². The Labute approximate surface area is 125 Å². The third-order valence-electron chi connectivity index (χ3n) is 4.24. The normalized spacial score (nSPS) is 22.7. The van der Waals surface area contributed by atoms with Gasteiger partial charge < -0.3 is 9.88 Å². The lowest BCUT2D eigenvalue weighted by molar-refractivity contribution is 0.515. The SMILES string of the molecule is CCSC1CCCC1NCc1nc2ccccc2n1C. The number of hydrogen-bond acceptors (Lipinski definition) is 3. The van der Waals surface area contributed by atoms with Gasteiger partial charge in [-0.15, -0.1) is 0 Å². The Morgan fingerprint density at radius 3 is 3.00 bits per heavy atom. The Kier molecular flexibility index (Phi) is 4.32. The first-order chi connectivity index (χ1) is 9.79. The number of benzene rings is 1. The molecule has 1 heterocycles. The Hall–Kier alpha value is -1.00. The van der Waals surface area contributed by atoms with Crippen LogP contribution >= 0.6 is 11.8 Å². The fourth-order valence-electron chi connectivity index (χ4n) is 3.15. The second-order valence-corrected chi connectivity index (χ2v) is 7.00. The van der Waals surface area contributed by atoms with Crippen LogP contribution in [0.15, 0.2) is 24.3 Å². The largest absolute Gasteiger partial charge is 0.330 e.